The van der Waals surface area contributed by atoms with E-state index in [4.69, 9.17) is 0 Å². The molecule has 88 valence electrons. The van der Waals surface area contributed by atoms with Crippen molar-refractivity contribution in [3.05, 3.63) is 24.0 Å². The number of aliphatic hydroxyl groups excluding tert-OH is 1. The van der Waals surface area contributed by atoms with Gasteiger partial charge in [-0.05, 0) is 31.9 Å². The number of piperidine rings is 1. The van der Waals surface area contributed by atoms with Crippen molar-refractivity contribution in [2.75, 3.05) is 6.54 Å². The zero-order valence-corrected chi connectivity index (χ0v) is 9.76. The van der Waals surface area contributed by atoms with E-state index in [1.165, 1.54) is 0 Å². The number of hydrogen-bond donors (Lipinski definition) is 1. The number of nitrogens with zero attached hydrogens (tertiary/aromatic N) is 2. The highest BCUT2D eigenvalue weighted by Crippen LogP contribution is 2.19. The molecule has 1 aromatic heterocycles. The molecule has 0 radical (unpaired) electrons. The maximum absolute atomic E-state index is 12.2. The van der Waals surface area contributed by atoms with Crippen LogP contribution in [0.15, 0.2) is 18.3 Å². The zero-order chi connectivity index (χ0) is 11.7. The molecule has 4 nitrogen and oxygen atoms in total. The second-order valence-corrected chi connectivity index (χ2v) is 4.54. The van der Waals surface area contributed by atoms with Crippen LogP contribution in [0.5, 0.6) is 0 Å². The average molecular weight is 222 g/mol. The van der Waals surface area contributed by atoms with Gasteiger partial charge in [0.2, 0.25) is 0 Å². The van der Waals surface area contributed by atoms with Gasteiger partial charge in [0.25, 0.3) is 5.91 Å². The van der Waals surface area contributed by atoms with Gasteiger partial charge >= 0.3 is 0 Å². The molecule has 0 spiro atoms. The van der Waals surface area contributed by atoms with Gasteiger partial charge in [0.15, 0.2) is 0 Å². The molecule has 0 aliphatic carbocycles. The van der Waals surface area contributed by atoms with E-state index in [1.54, 1.807) is 4.90 Å². The summed E-state index contributed by atoms with van der Waals surface area (Å²) in [6.07, 6.45) is 3.15. The highest BCUT2D eigenvalue weighted by Gasteiger charge is 2.29. The van der Waals surface area contributed by atoms with E-state index < -0.39 is 0 Å². The first-order chi connectivity index (χ1) is 7.59. The lowest BCUT2D eigenvalue weighted by atomic mass is 10.0. The number of amides is 1. The van der Waals surface area contributed by atoms with Crippen LogP contribution in [0.3, 0.4) is 0 Å². The van der Waals surface area contributed by atoms with Crippen molar-refractivity contribution < 1.29 is 9.90 Å². The maximum Gasteiger partial charge on any atom is 0.270 e. The molecule has 4 heteroatoms. The molecule has 2 unspecified atom stereocenters. The Morgan fingerprint density at radius 1 is 1.50 bits per heavy atom. The summed E-state index contributed by atoms with van der Waals surface area (Å²) in [6, 6.07) is 3.89. The van der Waals surface area contributed by atoms with Gasteiger partial charge < -0.3 is 14.6 Å². The SMILES string of the molecule is CC1CCC(O)CN1C(=O)c1cccn1C. The van der Waals surface area contributed by atoms with Crippen LogP contribution in [0.2, 0.25) is 0 Å². The van der Waals surface area contributed by atoms with E-state index in [0.717, 1.165) is 12.8 Å². The van der Waals surface area contributed by atoms with E-state index in [0.29, 0.717) is 12.2 Å². The lowest BCUT2D eigenvalue weighted by Crippen LogP contribution is -2.47. The first-order valence-electron chi connectivity index (χ1n) is 5.70. The second kappa shape index (κ2) is 4.29. The summed E-state index contributed by atoms with van der Waals surface area (Å²) in [7, 11) is 1.86. The van der Waals surface area contributed by atoms with Crippen LogP contribution in [0, 0.1) is 0 Å². The minimum atomic E-state index is -0.375. The number of aryl methyl sites for hydroxylation is 1. The van der Waals surface area contributed by atoms with Crippen LogP contribution in [0.25, 0.3) is 0 Å². The monoisotopic (exact) mass is 222 g/mol. The summed E-state index contributed by atoms with van der Waals surface area (Å²) >= 11 is 0. The Bertz CT molecular complexity index is 386. The van der Waals surface area contributed by atoms with Crippen molar-refractivity contribution in [3.63, 3.8) is 0 Å². The molecular formula is C12H18N2O2. The molecule has 1 aliphatic rings. The van der Waals surface area contributed by atoms with E-state index >= 15 is 0 Å². The number of carbonyl (C=O) groups excluding carboxylic acids is 1. The predicted octanol–water partition coefficient (Wildman–Crippen LogP) is 1.01. The lowest BCUT2D eigenvalue weighted by Gasteiger charge is -2.36. The molecule has 1 saturated heterocycles. The number of rotatable bonds is 1. The van der Waals surface area contributed by atoms with Crippen LogP contribution in [0.4, 0.5) is 0 Å². The molecule has 2 heterocycles. The Kier molecular flexibility index (Phi) is 3.01. The fourth-order valence-corrected chi connectivity index (χ4v) is 2.20. The fraction of sp³-hybridized carbons (Fsp3) is 0.583. The molecule has 1 N–H and O–H groups in total. The average Bonchev–Trinajstić information content (AvgIpc) is 2.67. The smallest absolute Gasteiger partial charge is 0.270 e. The van der Waals surface area contributed by atoms with Crippen LogP contribution in [0.1, 0.15) is 30.3 Å². The first kappa shape index (κ1) is 11.2. The quantitative estimate of drug-likeness (QED) is 0.770. The van der Waals surface area contributed by atoms with Crippen LogP contribution < -0.4 is 0 Å². The third-order valence-electron chi connectivity index (χ3n) is 3.28. The number of carbonyl (C=O) groups is 1. The van der Waals surface area contributed by atoms with E-state index in [2.05, 4.69) is 0 Å². The van der Waals surface area contributed by atoms with E-state index in [9.17, 15) is 9.90 Å². The topological polar surface area (TPSA) is 45.5 Å². The minimum Gasteiger partial charge on any atom is -0.391 e. The molecule has 1 aromatic rings. The highest BCUT2D eigenvalue weighted by molar-refractivity contribution is 5.93. The number of likely N-dealkylation sites (tertiary alicyclic amines) is 1. The highest BCUT2D eigenvalue weighted by atomic mass is 16.3. The summed E-state index contributed by atoms with van der Waals surface area (Å²) in [6.45, 7) is 2.48. The van der Waals surface area contributed by atoms with Gasteiger partial charge in [-0.3, -0.25) is 4.79 Å². The maximum atomic E-state index is 12.2. The van der Waals surface area contributed by atoms with Crippen LogP contribution in [-0.2, 0) is 7.05 Å². The third kappa shape index (κ3) is 1.97. The molecule has 0 saturated carbocycles. The minimum absolute atomic E-state index is 0.0127. The van der Waals surface area contributed by atoms with Crippen molar-refractivity contribution in [1.82, 2.24) is 9.47 Å². The number of aromatic nitrogens is 1. The second-order valence-electron chi connectivity index (χ2n) is 4.54. The predicted molar refractivity (Wildman–Crippen MR) is 61.2 cm³/mol. The summed E-state index contributed by atoms with van der Waals surface area (Å²) in [5, 5.41) is 9.61. The van der Waals surface area contributed by atoms with E-state index in [-0.39, 0.29) is 18.1 Å². The van der Waals surface area contributed by atoms with Crippen LogP contribution in [-0.4, -0.2) is 39.2 Å². The summed E-state index contributed by atoms with van der Waals surface area (Å²) < 4.78 is 1.82. The first-order valence-corrected chi connectivity index (χ1v) is 5.70. The summed E-state index contributed by atoms with van der Waals surface area (Å²) in [5.41, 5.74) is 0.681. The largest absolute Gasteiger partial charge is 0.391 e. The summed E-state index contributed by atoms with van der Waals surface area (Å²) in [5.74, 6) is 0.0127. The molecule has 0 aromatic carbocycles. The van der Waals surface area contributed by atoms with Gasteiger partial charge in [-0.15, -0.1) is 0 Å². The zero-order valence-electron chi connectivity index (χ0n) is 9.76. The molecule has 2 rings (SSSR count). The lowest BCUT2D eigenvalue weighted by molar-refractivity contribution is 0.0302. The Morgan fingerprint density at radius 3 is 2.88 bits per heavy atom. The van der Waals surface area contributed by atoms with Crippen LogP contribution >= 0.6 is 0 Å². The number of β-amino-alcohol motifs (C(OH)–C–C–N with tert-alkyl or cyclic N) is 1. The van der Waals surface area contributed by atoms with Crippen molar-refractivity contribution in [2.24, 2.45) is 7.05 Å². The third-order valence-corrected chi connectivity index (χ3v) is 3.28. The Labute approximate surface area is 95.5 Å². The summed E-state index contributed by atoms with van der Waals surface area (Å²) in [4.78, 5) is 14.0. The number of aliphatic hydroxyl groups is 1. The van der Waals surface area contributed by atoms with Gasteiger partial charge in [0.1, 0.15) is 5.69 Å². The Balaban J connectivity index is 2.18. The van der Waals surface area contributed by atoms with Gasteiger partial charge in [0, 0.05) is 25.8 Å². The fourth-order valence-electron chi connectivity index (χ4n) is 2.20. The normalized spacial score (nSPS) is 25.8. The van der Waals surface area contributed by atoms with Crippen molar-refractivity contribution in [1.29, 1.82) is 0 Å². The van der Waals surface area contributed by atoms with Crippen molar-refractivity contribution >= 4 is 5.91 Å². The number of hydrogen-bond acceptors (Lipinski definition) is 2. The molecule has 0 bridgehead atoms. The molecule has 1 aliphatic heterocycles. The standard InChI is InChI=1S/C12H18N2O2/c1-9-5-6-10(15)8-14(9)12(16)11-4-3-7-13(11)2/h3-4,7,9-10,15H,5-6,8H2,1-2H3. The van der Waals surface area contributed by atoms with Gasteiger partial charge in [-0.1, -0.05) is 0 Å². The van der Waals surface area contributed by atoms with E-state index in [1.807, 2.05) is 36.9 Å². The molecule has 1 fully saturated rings. The van der Waals surface area contributed by atoms with Crippen molar-refractivity contribution in [2.45, 2.75) is 31.9 Å². The molecule has 2 atom stereocenters. The molecule has 16 heavy (non-hydrogen) atoms. The molecular weight excluding hydrogens is 204 g/mol. The van der Waals surface area contributed by atoms with Crippen molar-refractivity contribution in [3.8, 4) is 0 Å². The van der Waals surface area contributed by atoms with Gasteiger partial charge in [-0.2, -0.15) is 0 Å². The molecule has 1 amide bonds. The Hall–Kier alpha value is -1.29. The van der Waals surface area contributed by atoms with Gasteiger partial charge in [-0.25, -0.2) is 0 Å². The Morgan fingerprint density at radius 2 is 2.25 bits per heavy atom. The van der Waals surface area contributed by atoms with Gasteiger partial charge in [0.05, 0.1) is 6.10 Å².